The van der Waals surface area contributed by atoms with Gasteiger partial charge in [0.15, 0.2) is 5.78 Å². The Morgan fingerprint density at radius 1 is 1.20 bits per heavy atom. The molecule has 164 valence electrons. The number of hydrogen-bond donors (Lipinski definition) is 1. The molecule has 0 amide bonds. The number of rotatable bonds is 11. The zero-order valence-electron chi connectivity index (χ0n) is 19.0. The van der Waals surface area contributed by atoms with Crippen LogP contribution in [0.2, 0.25) is 0 Å². The minimum atomic E-state index is -0.307. The van der Waals surface area contributed by atoms with Crippen molar-refractivity contribution in [2.24, 2.45) is 17.8 Å². The second kappa shape index (κ2) is 11.1. The average Bonchev–Trinajstić information content (AvgIpc) is 3.20. The number of allylic oxidation sites excluding steroid dienone is 3. The van der Waals surface area contributed by atoms with Gasteiger partial charge in [-0.15, -0.1) is 0 Å². The fourth-order valence-corrected chi connectivity index (χ4v) is 5.18. The van der Waals surface area contributed by atoms with E-state index >= 15 is 0 Å². The zero-order chi connectivity index (χ0) is 21.5. The predicted molar refractivity (Wildman–Crippen MR) is 124 cm³/mol. The van der Waals surface area contributed by atoms with Crippen LogP contribution in [0.5, 0.6) is 0 Å². The second-order valence-corrected chi connectivity index (χ2v) is 9.67. The number of hydrogen-bond acceptors (Lipinski definition) is 3. The Hall–Kier alpha value is -1.71. The summed E-state index contributed by atoms with van der Waals surface area (Å²) in [6, 6.07) is 8.36. The van der Waals surface area contributed by atoms with Crippen molar-refractivity contribution >= 4 is 5.78 Å². The number of nitrogens with zero attached hydrogens (tertiary/aromatic N) is 1. The molecule has 0 unspecified atom stereocenters. The van der Waals surface area contributed by atoms with Crippen molar-refractivity contribution in [1.29, 1.82) is 0 Å². The molecule has 1 aromatic carbocycles. The van der Waals surface area contributed by atoms with Gasteiger partial charge in [0.2, 0.25) is 0 Å². The molecule has 0 heterocycles. The molecule has 0 saturated heterocycles. The van der Waals surface area contributed by atoms with E-state index in [4.69, 9.17) is 0 Å². The van der Waals surface area contributed by atoms with E-state index in [-0.39, 0.29) is 17.8 Å². The maximum absolute atomic E-state index is 12.4. The van der Waals surface area contributed by atoms with E-state index in [1.165, 1.54) is 43.4 Å². The Bertz CT molecular complexity index is 764. The highest BCUT2D eigenvalue weighted by Gasteiger charge is 2.43. The van der Waals surface area contributed by atoms with Gasteiger partial charge in [-0.3, -0.25) is 4.79 Å². The summed E-state index contributed by atoms with van der Waals surface area (Å²) in [6.07, 6.45) is 14.2. The van der Waals surface area contributed by atoms with Gasteiger partial charge >= 0.3 is 0 Å². The van der Waals surface area contributed by atoms with Crippen molar-refractivity contribution in [2.75, 3.05) is 20.6 Å². The number of carbonyl (C=O) groups is 1. The summed E-state index contributed by atoms with van der Waals surface area (Å²) in [5.74, 6) is 1.27. The third-order valence-corrected chi connectivity index (χ3v) is 6.80. The lowest BCUT2D eigenvalue weighted by atomic mass is 9.88. The summed E-state index contributed by atoms with van der Waals surface area (Å²) in [5, 5.41) is 10.5. The van der Waals surface area contributed by atoms with E-state index < -0.39 is 0 Å². The van der Waals surface area contributed by atoms with Crippen molar-refractivity contribution in [3.05, 3.63) is 59.2 Å². The Kier molecular flexibility index (Phi) is 8.47. The van der Waals surface area contributed by atoms with Crippen LogP contribution in [0.1, 0.15) is 56.1 Å². The zero-order valence-corrected chi connectivity index (χ0v) is 19.0. The van der Waals surface area contributed by atoms with E-state index in [0.717, 1.165) is 19.3 Å². The lowest BCUT2D eigenvalue weighted by Crippen LogP contribution is -2.17. The van der Waals surface area contributed by atoms with Crippen LogP contribution in [-0.2, 0) is 11.2 Å². The van der Waals surface area contributed by atoms with Crippen LogP contribution in [0.4, 0.5) is 0 Å². The van der Waals surface area contributed by atoms with Gasteiger partial charge in [-0.2, -0.15) is 0 Å². The number of aliphatic hydroxyl groups is 1. The summed E-state index contributed by atoms with van der Waals surface area (Å²) in [7, 11) is 4.26. The Morgan fingerprint density at radius 3 is 2.80 bits per heavy atom. The first-order valence-electron chi connectivity index (χ1n) is 11.7. The molecule has 1 aromatic rings. The van der Waals surface area contributed by atoms with Gasteiger partial charge in [0.25, 0.3) is 0 Å². The SMILES string of the molecule is Cc1cccc(CCC(=O)/C=C/[C@@H]2[C@H]3CC(CCCCCN(C)C)=C[C@H]3C[C@H]2O)c1. The van der Waals surface area contributed by atoms with Crippen LogP contribution in [0.25, 0.3) is 0 Å². The monoisotopic (exact) mass is 409 g/mol. The van der Waals surface area contributed by atoms with Gasteiger partial charge in [0.05, 0.1) is 6.10 Å². The molecule has 0 spiro atoms. The molecule has 1 N–H and O–H groups in total. The molecule has 0 radical (unpaired) electrons. The topological polar surface area (TPSA) is 40.5 Å². The number of aliphatic hydroxyl groups excluding tert-OH is 1. The fourth-order valence-electron chi connectivity index (χ4n) is 5.18. The van der Waals surface area contributed by atoms with E-state index in [1.54, 1.807) is 11.6 Å². The fraction of sp³-hybridized carbons (Fsp3) is 0.593. The highest BCUT2D eigenvalue weighted by molar-refractivity contribution is 5.89. The predicted octanol–water partition coefficient (Wildman–Crippen LogP) is 5.12. The van der Waals surface area contributed by atoms with Gasteiger partial charge in [0.1, 0.15) is 0 Å². The molecule has 30 heavy (non-hydrogen) atoms. The molecule has 4 atom stereocenters. The van der Waals surface area contributed by atoms with Crippen molar-refractivity contribution in [3.63, 3.8) is 0 Å². The molecule has 3 rings (SSSR count). The first kappa shape index (κ1) is 23.0. The minimum absolute atomic E-state index is 0.125. The standard InChI is InChI=1S/C27H39NO2/c1-20-8-7-10-21(16-20)11-12-24(29)13-14-25-26-18-22(17-23(26)19-27(25)30)9-5-4-6-15-28(2)3/h7-8,10,13-14,16-17,23,25-27,30H,4-6,9,11-12,15,18-19H2,1-3H3/b14-13+/t23-,25+,26-,27+/m0/s1. The summed E-state index contributed by atoms with van der Waals surface area (Å²) in [5.41, 5.74) is 4.02. The second-order valence-electron chi connectivity index (χ2n) is 9.67. The molecule has 0 aromatic heterocycles. The van der Waals surface area contributed by atoms with Crippen molar-refractivity contribution in [2.45, 2.75) is 64.4 Å². The molecular weight excluding hydrogens is 370 g/mol. The number of aryl methyl sites for hydroxylation is 2. The normalized spacial score (nSPS) is 25.8. The Morgan fingerprint density at radius 2 is 2.03 bits per heavy atom. The first-order chi connectivity index (χ1) is 14.4. The average molecular weight is 410 g/mol. The maximum atomic E-state index is 12.4. The third-order valence-electron chi connectivity index (χ3n) is 6.80. The quantitative estimate of drug-likeness (QED) is 0.313. The van der Waals surface area contributed by atoms with Crippen molar-refractivity contribution in [1.82, 2.24) is 4.90 Å². The molecular formula is C27H39NO2. The molecule has 3 heteroatoms. The van der Waals surface area contributed by atoms with Crippen LogP contribution < -0.4 is 0 Å². The van der Waals surface area contributed by atoms with Crippen molar-refractivity contribution in [3.8, 4) is 0 Å². The van der Waals surface area contributed by atoms with Crippen LogP contribution in [0, 0.1) is 24.7 Å². The van der Waals surface area contributed by atoms with Crippen LogP contribution >= 0.6 is 0 Å². The highest BCUT2D eigenvalue weighted by atomic mass is 16.3. The molecule has 0 aliphatic heterocycles. The maximum Gasteiger partial charge on any atom is 0.155 e. The van der Waals surface area contributed by atoms with Crippen LogP contribution in [-0.4, -0.2) is 42.5 Å². The Balaban J connectivity index is 1.44. The third kappa shape index (κ3) is 6.65. The van der Waals surface area contributed by atoms with Crippen LogP contribution in [0.15, 0.2) is 48.1 Å². The van der Waals surface area contributed by atoms with Gasteiger partial charge in [0, 0.05) is 12.3 Å². The van der Waals surface area contributed by atoms with Gasteiger partial charge in [-0.25, -0.2) is 0 Å². The summed E-state index contributed by atoms with van der Waals surface area (Å²) >= 11 is 0. The van der Waals surface area contributed by atoms with Crippen molar-refractivity contribution < 1.29 is 9.90 Å². The summed E-state index contributed by atoms with van der Waals surface area (Å²) in [4.78, 5) is 14.6. The first-order valence-corrected chi connectivity index (χ1v) is 11.7. The van der Waals surface area contributed by atoms with E-state index in [0.29, 0.717) is 18.3 Å². The Labute approximate surface area is 182 Å². The van der Waals surface area contributed by atoms with E-state index in [9.17, 15) is 9.90 Å². The molecule has 1 fully saturated rings. The van der Waals surface area contributed by atoms with Gasteiger partial charge in [-0.05, 0) is 89.6 Å². The molecule has 2 aliphatic carbocycles. The van der Waals surface area contributed by atoms with E-state index in [2.05, 4.69) is 50.2 Å². The summed E-state index contributed by atoms with van der Waals surface area (Å²) in [6.45, 7) is 3.25. The number of fused-ring (bicyclic) bond motifs is 1. The minimum Gasteiger partial charge on any atom is -0.392 e. The van der Waals surface area contributed by atoms with Gasteiger partial charge in [-0.1, -0.05) is 54.0 Å². The highest BCUT2D eigenvalue weighted by Crippen LogP contribution is 2.48. The lowest BCUT2D eigenvalue weighted by molar-refractivity contribution is -0.114. The molecule has 2 aliphatic rings. The number of ketones is 1. The van der Waals surface area contributed by atoms with Crippen LogP contribution in [0.3, 0.4) is 0 Å². The largest absolute Gasteiger partial charge is 0.392 e. The van der Waals surface area contributed by atoms with E-state index in [1.807, 2.05) is 12.1 Å². The number of unbranched alkanes of at least 4 members (excludes halogenated alkanes) is 2. The smallest absolute Gasteiger partial charge is 0.155 e. The number of benzene rings is 1. The molecule has 0 bridgehead atoms. The molecule has 3 nitrogen and oxygen atoms in total. The van der Waals surface area contributed by atoms with Gasteiger partial charge < -0.3 is 10.0 Å². The molecule has 1 saturated carbocycles. The summed E-state index contributed by atoms with van der Waals surface area (Å²) < 4.78 is 0. The number of carbonyl (C=O) groups excluding carboxylic acids is 1. The lowest BCUT2D eigenvalue weighted by Gasteiger charge is -2.18.